The van der Waals surface area contributed by atoms with E-state index >= 15 is 0 Å². The molecule has 6 heteroatoms. The lowest BCUT2D eigenvalue weighted by molar-refractivity contribution is -0.139. The van der Waals surface area contributed by atoms with Crippen molar-refractivity contribution in [2.45, 2.75) is 38.4 Å². The van der Waals surface area contributed by atoms with Gasteiger partial charge in [0.15, 0.2) is 0 Å². The van der Waals surface area contributed by atoms with Crippen molar-refractivity contribution >= 4 is 11.6 Å². The van der Waals surface area contributed by atoms with E-state index in [4.69, 9.17) is 22.1 Å². The molecule has 0 heterocycles. The Morgan fingerprint density at radius 1 is 1.37 bits per heavy atom. The van der Waals surface area contributed by atoms with Crippen molar-refractivity contribution in [3.63, 3.8) is 0 Å². The van der Waals surface area contributed by atoms with E-state index in [1.807, 2.05) is 6.92 Å². The van der Waals surface area contributed by atoms with Crippen molar-refractivity contribution in [1.29, 1.82) is 0 Å². The van der Waals surface area contributed by atoms with E-state index in [0.717, 1.165) is 12.0 Å². The van der Waals surface area contributed by atoms with Crippen molar-refractivity contribution in [2.24, 2.45) is 5.73 Å². The monoisotopic (exact) mass is 295 g/mol. The Bertz CT molecular complexity index is 409. The predicted molar refractivity (Wildman–Crippen MR) is 69.6 cm³/mol. The molecule has 19 heavy (non-hydrogen) atoms. The minimum Gasteiger partial charge on any atom is -0.491 e. The Kier molecular flexibility index (Phi) is 5.94. The number of nitrogens with two attached hydrogens (primary N) is 1. The van der Waals surface area contributed by atoms with Crippen LogP contribution < -0.4 is 10.5 Å². The molecule has 1 aromatic carbocycles. The fourth-order valence-corrected chi connectivity index (χ4v) is 1.82. The average Bonchev–Trinajstić information content (AvgIpc) is 2.31. The maximum absolute atomic E-state index is 12.1. The number of hydrogen-bond donors (Lipinski definition) is 1. The van der Waals surface area contributed by atoms with Gasteiger partial charge in [-0.2, -0.15) is 13.2 Å². The molecule has 0 aromatic heterocycles. The van der Waals surface area contributed by atoms with Crippen molar-refractivity contribution in [2.75, 3.05) is 6.61 Å². The predicted octanol–water partition coefficient (Wildman–Crippen LogP) is 3.95. The summed E-state index contributed by atoms with van der Waals surface area (Å²) in [4.78, 5) is 0. The van der Waals surface area contributed by atoms with Gasteiger partial charge in [-0.15, -0.1) is 0 Å². The van der Waals surface area contributed by atoms with Crippen molar-refractivity contribution in [3.05, 3.63) is 28.8 Å². The van der Waals surface area contributed by atoms with Crippen LogP contribution in [0, 0.1) is 0 Å². The summed E-state index contributed by atoms with van der Waals surface area (Å²) in [6.45, 7) is 1.50. The number of ether oxygens (including phenoxy) is 1. The summed E-state index contributed by atoms with van der Waals surface area (Å²) >= 11 is 5.96. The molecule has 1 aromatic rings. The van der Waals surface area contributed by atoms with Crippen LogP contribution in [0.4, 0.5) is 13.2 Å². The molecule has 2 N–H and O–H groups in total. The zero-order valence-corrected chi connectivity index (χ0v) is 11.4. The van der Waals surface area contributed by atoms with Crippen LogP contribution in [0.1, 0.15) is 25.3 Å². The summed E-state index contributed by atoms with van der Waals surface area (Å²) in [7, 11) is 0. The van der Waals surface area contributed by atoms with Crippen LogP contribution in [0.2, 0.25) is 5.02 Å². The molecule has 108 valence electrons. The lowest BCUT2D eigenvalue weighted by Crippen LogP contribution is -2.22. The molecule has 1 atom stereocenters. The van der Waals surface area contributed by atoms with Gasteiger partial charge in [-0.3, -0.25) is 0 Å². The van der Waals surface area contributed by atoms with E-state index in [-0.39, 0.29) is 6.04 Å². The van der Waals surface area contributed by atoms with Gasteiger partial charge in [0.25, 0.3) is 0 Å². The summed E-state index contributed by atoms with van der Waals surface area (Å²) in [5, 5.41) is 0.308. The number of hydrogen-bond acceptors (Lipinski definition) is 2. The molecule has 0 spiro atoms. The third-order valence-electron chi connectivity index (χ3n) is 2.69. The first-order valence-electron chi connectivity index (χ1n) is 6.06. The Labute approximate surface area is 115 Å². The second kappa shape index (κ2) is 7.01. The Morgan fingerprint density at radius 2 is 2.05 bits per heavy atom. The van der Waals surface area contributed by atoms with E-state index in [1.54, 1.807) is 18.2 Å². The molecule has 1 rings (SSSR count). The van der Waals surface area contributed by atoms with Crippen LogP contribution in [0.5, 0.6) is 5.75 Å². The Balaban J connectivity index is 2.74. The van der Waals surface area contributed by atoms with Crippen LogP contribution in [0.15, 0.2) is 18.2 Å². The van der Waals surface area contributed by atoms with Crippen molar-refractivity contribution in [1.82, 2.24) is 0 Å². The van der Waals surface area contributed by atoms with Gasteiger partial charge in [0.05, 0.1) is 18.1 Å². The number of benzene rings is 1. The van der Waals surface area contributed by atoms with Gasteiger partial charge in [0.2, 0.25) is 0 Å². The molecule has 0 aliphatic carbocycles. The van der Waals surface area contributed by atoms with Gasteiger partial charge < -0.3 is 10.5 Å². The van der Waals surface area contributed by atoms with Crippen LogP contribution in [0.3, 0.4) is 0 Å². The number of rotatable bonds is 6. The van der Waals surface area contributed by atoms with Gasteiger partial charge in [0.1, 0.15) is 5.75 Å². The highest BCUT2D eigenvalue weighted by molar-refractivity contribution is 6.32. The van der Waals surface area contributed by atoms with E-state index in [0.29, 0.717) is 17.2 Å². The second-order valence-electron chi connectivity index (χ2n) is 4.31. The summed E-state index contributed by atoms with van der Waals surface area (Å²) in [5.74, 6) is 0.303. The molecule has 0 bridgehead atoms. The topological polar surface area (TPSA) is 35.2 Å². The lowest BCUT2D eigenvalue weighted by atomic mass is 10.0. The summed E-state index contributed by atoms with van der Waals surface area (Å²) < 4.78 is 41.5. The maximum Gasteiger partial charge on any atom is 0.392 e. The number of para-hydroxylation sites is 1. The summed E-state index contributed by atoms with van der Waals surface area (Å²) in [5.41, 5.74) is 6.58. The van der Waals surface area contributed by atoms with E-state index in [9.17, 15) is 13.2 Å². The molecule has 0 radical (unpaired) electrons. The smallest absolute Gasteiger partial charge is 0.392 e. The van der Waals surface area contributed by atoms with Gasteiger partial charge in [-0.05, 0) is 24.5 Å². The van der Waals surface area contributed by atoms with Crippen molar-refractivity contribution in [3.8, 4) is 5.75 Å². The molecule has 2 nitrogen and oxygen atoms in total. The molecule has 0 saturated heterocycles. The lowest BCUT2D eigenvalue weighted by Gasteiger charge is -2.16. The molecule has 0 amide bonds. The third kappa shape index (κ3) is 5.70. The van der Waals surface area contributed by atoms with Gasteiger partial charge in [-0.25, -0.2) is 0 Å². The highest BCUT2D eigenvalue weighted by Gasteiger charge is 2.27. The Hall–Kier alpha value is -0.940. The van der Waals surface area contributed by atoms with E-state index < -0.39 is 19.2 Å². The average molecular weight is 296 g/mol. The third-order valence-corrected chi connectivity index (χ3v) is 2.98. The SMILES string of the molecule is CCC(N)Cc1cccc(Cl)c1OCCC(F)(F)F. The van der Waals surface area contributed by atoms with Gasteiger partial charge in [0, 0.05) is 6.04 Å². The highest BCUT2D eigenvalue weighted by Crippen LogP contribution is 2.30. The zero-order valence-electron chi connectivity index (χ0n) is 10.6. The molecule has 0 aliphatic rings. The molecular formula is C13H17ClF3NO. The standard InChI is InChI=1S/C13H17ClF3NO/c1-2-10(18)8-9-4-3-5-11(14)12(9)19-7-6-13(15,16)17/h3-5,10H,2,6-8,18H2,1H3. The van der Waals surface area contributed by atoms with Gasteiger partial charge in [-0.1, -0.05) is 30.7 Å². The first-order valence-corrected chi connectivity index (χ1v) is 6.43. The number of alkyl halides is 3. The van der Waals surface area contributed by atoms with Crippen LogP contribution in [-0.4, -0.2) is 18.8 Å². The maximum atomic E-state index is 12.1. The van der Waals surface area contributed by atoms with Gasteiger partial charge >= 0.3 is 6.18 Å². The summed E-state index contributed by atoms with van der Waals surface area (Å²) in [6.07, 6.45) is -3.94. The quantitative estimate of drug-likeness (QED) is 0.862. The molecule has 0 aliphatic heterocycles. The first kappa shape index (κ1) is 16.1. The summed E-state index contributed by atoms with van der Waals surface area (Å²) in [6, 6.07) is 5.02. The first-order chi connectivity index (χ1) is 8.83. The molecular weight excluding hydrogens is 279 g/mol. The minimum atomic E-state index is -4.23. The molecule has 0 saturated carbocycles. The van der Waals surface area contributed by atoms with Crippen LogP contribution in [-0.2, 0) is 6.42 Å². The normalized spacial score (nSPS) is 13.4. The largest absolute Gasteiger partial charge is 0.491 e. The molecule has 0 fully saturated rings. The van der Waals surface area contributed by atoms with E-state index in [2.05, 4.69) is 0 Å². The van der Waals surface area contributed by atoms with E-state index in [1.165, 1.54) is 0 Å². The number of halogens is 4. The van der Waals surface area contributed by atoms with Crippen LogP contribution >= 0.6 is 11.6 Å². The second-order valence-corrected chi connectivity index (χ2v) is 4.72. The highest BCUT2D eigenvalue weighted by atomic mass is 35.5. The fraction of sp³-hybridized carbons (Fsp3) is 0.538. The fourth-order valence-electron chi connectivity index (χ4n) is 1.57. The minimum absolute atomic E-state index is 0.0663. The zero-order chi connectivity index (χ0) is 14.5. The van der Waals surface area contributed by atoms with Crippen molar-refractivity contribution < 1.29 is 17.9 Å². The molecule has 1 unspecified atom stereocenters. The Morgan fingerprint density at radius 3 is 2.63 bits per heavy atom. The van der Waals surface area contributed by atoms with Crippen LogP contribution in [0.25, 0.3) is 0 Å².